The van der Waals surface area contributed by atoms with Crippen molar-refractivity contribution in [3.05, 3.63) is 0 Å². The average Bonchev–Trinajstić information content (AvgIpc) is 1.70. The van der Waals surface area contributed by atoms with Crippen molar-refractivity contribution >= 4 is 21.6 Å². The normalized spacial score (nSPS) is 12.8. The van der Waals surface area contributed by atoms with E-state index in [2.05, 4.69) is 274 Å². The van der Waals surface area contributed by atoms with Gasteiger partial charge in [-0.2, -0.15) is 68.8 Å². The van der Waals surface area contributed by atoms with Gasteiger partial charge in [0.05, 0.1) is 94.3 Å². The standard InChI is InChI=1S/C7H15N.C7H16O.C7H16.C6H8F6O.C6H15N.C6H12O.2C6H14O.C6H14.C5H7F5O.C5H13N.C5H12O.2C5H12.C4H7F3O.C4H8F2O.C4H10O2S.2C4H10O.C4H10S.C4H10/c1-7(2)6-8-4-3-5-8;1-6(2)8-7(3,4)5;1-4-5-6-7(2)3;1-3(2)13-4(5(7,8)9)6(10,11)12;1-6(2)5-7(3)4;1-5(2)7-6-3-4-6;1-5(2)7-6(3)4;1-4-5-7-6(2)3;1-4-5-6(2)3;1-3(2)11-5(9,10)4(6,7)8;1-5(2)4-6-3;1-4-6-5(2)3;2*1-4-5(2)3;1-3(2)8-4(5,6)7;1-3(2)7-4(5)6;1-4(2)7(3,5)6;3*1-4(2)5-3;1-4(2)3/h7H,3-6H2,1-2H3;6H,1-5H3;7H,4-6H2,1-3H3;3-4H,1-2H3;6H,5H2,1-4H3;5-6H,3-4H2,1-2H3;5-6H,1-4H3;6H,4-5H2,1-3H3;6H,4-5H2,1-3H3;3H,1-2H3;5-6H,4H2,1-3H3;5H,4H2,1-3H3;2*5H,4H2,1-3H3;3H,1-2H3;3-4H,1-2H3;4H,1-3H3;3*4H,1-3H3;4H,1-3H3/i;;;;;;;;;;;;;;;;;3D3;;;. The summed E-state index contributed by atoms with van der Waals surface area (Å²) < 4.78 is 274. The molecule has 0 aromatic rings. The summed E-state index contributed by atoms with van der Waals surface area (Å²) in [5.74, 6) is 6.85. The van der Waals surface area contributed by atoms with Gasteiger partial charge in [-0.05, 0) is 340 Å². The number of unbranched alkanes of at least 4 members (excludes halogenated alkanes) is 1. The van der Waals surface area contributed by atoms with Crippen molar-refractivity contribution in [3.8, 4) is 0 Å². The van der Waals surface area contributed by atoms with Crippen LogP contribution in [0.1, 0.15) is 449 Å². The topological polar surface area (TPSA) is 154 Å². The van der Waals surface area contributed by atoms with Gasteiger partial charge in [-0.15, -0.1) is 13.2 Å². The van der Waals surface area contributed by atoms with E-state index in [9.17, 15) is 78.7 Å². The van der Waals surface area contributed by atoms with E-state index >= 15 is 0 Å². The van der Waals surface area contributed by atoms with Crippen LogP contribution in [0.2, 0.25) is 0 Å². The van der Waals surface area contributed by atoms with Crippen LogP contribution in [0.15, 0.2) is 0 Å². The summed E-state index contributed by atoms with van der Waals surface area (Å²) in [6.07, 6.45) is -12.1. The molecule has 0 unspecified atom stereocenters. The van der Waals surface area contributed by atoms with E-state index in [0.29, 0.717) is 48.8 Å². The molecule has 0 amide bonds. The van der Waals surface area contributed by atoms with Gasteiger partial charge in [0.2, 0.25) is 6.10 Å². The summed E-state index contributed by atoms with van der Waals surface area (Å²) in [6.45, 7) is 112. The first-order chi connectivity index (χ1) is 65.5. The first-order valence-electron chi connectivity index (χ1n) is 54.3. The van der Waals surface area contributed by atoms with Crippen molar-refractivity contribution in [2.24, 2.45) is 47.3 Å². The molecule has 34 heteroatoms. The minimum atomic E-state index is -5.63. The Labute approximate surface area is 892 Å². The lowest BCUT2D eigenvalue weighted by molar-refractivity contribution is -0.399. The van der Waals surface area contributed by atoms with Crippen LogP contribution in [0, 0.1) is 47.3 Å². The molecule has 2 rings (SSSR count). The predicted octanol–water partition coefficient (Wildman–Crippen LogP) is 36.6. The third-order valence-electron chi connectivity index (χ3n) is 14.3. The van der Waals surface area contributed by atoms with Gasteiger partial charge in [-0.3, -0.25) is 4.74 Å². The van der Waals surface area contributed by atoms with Crippen LogP contribution in [0.25, 0.3) is 0 Å². The molecular formula is C110H245F16N3O13S2. The van der Waals surface area contributed by atoms with Crippen LogP contribution < -0.4 is 5.32 Å². The smallest absolute Gasteiger partial charge is 0.382 e. The Bertz CT molecular complexity index is 2350. The minimum Gasteiger partial charge on any atom is -0.382 e. The van der Waals surface area contributed by atoms with E-state index in [1.165, 1.54) is 110 Å². The number of sulfone groups is 1. The molecule has 0 bridgehead atoms. The van der Waals surface area contributed by atoms with E-state index in [0.717, 1.165) is 106 Å². The highest BCUT2D eigenvalue weighted by atomic mass is 32.2. The van der Waals surface area contributed by atoms with Gasteiger partial charge in [0.25, 0.3) is 0 Å². The maximum absolute atomic E-state index is 11.8. The summed E-state index contributed by atoms with van der Waals surface area (Å²) in [5, 5.41) is 3.64. The first-order valence-corrected chi connectivity index (χ1v) is 56.0. The second-order valence-electron chi connectivity index (χ2n) is 42.5. The summed E-state index contributed by atoms with van der Waals surface area (Å²) in [4.78, 5) is 4.70. The van der Waals surface area contributed by atoms with Crippen molar-refractivity contribution < 1.29 is 135 Å². The van der Waals surface area contributed by atoms with Gasteiger partial charge in [-0.25, -0.2) is 8.42 Å². The van der Waals surface area contributed by atoms with E-state index in [1.807, 2.05) is 95.0 Å². The molecule has 0 aromatic carbocycles. The Morgan fingerprint density at radius 2 is 0.778 bits per heavy atom. The number of nitrogens with zero attached hydrogens (tertiary/aromatic N) is 2. The van der Waals surface area contributed by atoms with Crippen LogP contribution in [-0.4, -0.2) is 251 Å². The first kappa shape index (κ1) is 178. The lowest BCUT2D eigenvalue weighted by Gasteiger charge is -2.31. The second kappa shape index (κ2) is 120. The zero-order valence-corrected chi connectivity index (χ0v) is 106. The molecule has 0 aromatic heterocycles. The third kappa shape index (κ3) is 271. The number of thioether (sulfide) groups is 1. The van der Waals surface area contributed by atoms with Gasteiger partial charge in [0.1, 0.15) is 9.84 Å². The number of rotatable bonds is 34. The molecule has 0 radical (unpaired) electrons. The fourth-order valence-corrected chi connectivity index (χ4v) is 7.38. The molecule has 902 valence electrons. The van der Waals surface area contributed by atoms with Gasteiger partial charge >= 0.3 is 37.6 Å². The molecule has 144 heavy (non-hydrogen) atoms. The molecule has 2 fully saturated rings. The molecule has 0 atom stereocenters. The van der Waals surface area contributed by atoms with Gasteiger partial charge in [-0.1, -0.05) is 211 Å². The molecule has 16 nitrogen and oxygen atoms in total. The lowest BCUT2D eigenvalue weighted by atomic mass is 10.1. The zero-order valence-electron chi connectivity index (χ0n) is 107. The number of likely N-dealkylation sites (tertiary alicyclic amines) is 1. The Hall–Kier alpha value is -1.38. The Balaban J connectivity index is -0.0000000692. The van der Waals surface area contributed by atoms with Crippen molar-refractivity contribution in [2.45, 2.75) is 584 Å². The molecular weight excluding hydrogens is 1940 g/mol. The quantitative estimate of drug-likeness (QED) is 0.0607. The summed E-state index contributed by atoms with van der Waals surface area (Å²) >= 11 is 1.88. The summed E-state index contributed by atoms with van der Waals surface area (Å²) in [7, 11) is 2.90. The molecule has 0 spiro atoms. The second-order valence-corrected chi connectivity index (χ2v) is 46.5. The number of ether oxygens (including phenoxy) is 11. The highest BCUT2D eigenvalue weighted by molar-refractivity contribution is 7.99. The third-order valence-corrected chi connectivity index (χ3v) is 17.0. The molecule has 1 saturated heterocycles. The minimum absolute atomic E-state index is 0.0220. The van der Waals surface area contributed by atoms with E-state index in [-0.39, 0.29) is 23.1 Å². The highest BCUT2D eigenvalue weighted by Gasteiger charge is 2.60. The van der Waals surface area contributed by atoms with E-state index in [4.69, 9.17) is 32.5 Å². The van der Waals surface area contributed by atoms with E-state index in [1.54, 1.807) is 48.7 Å². The number of halogens is 16. The average molecular weight is 2190 g/mol. The molecule has 1 aliphatic heterocycles. The van der Waals surface area contributed by atoms with Crippen LogP contribution >= 0.6 is 11.8 Å². The molecule has 1 saturated carbocycles. The maximum Gasteiger partial charge on any atom is 0.522 e. The zero-order chi connectivity index (χ0) is 123. The number of hydrogen-bond donors (Lipinski definition) is 1. The summed E-state index contributed by atoms with van der Waals surface area (Å²) in [6, 6.07) is 0. The maximum atomic E-state index is 11.8. The van der Waals surface area contributed by atoms with Crippen molar-refractivity contribution in [2.75, 3.05) is 93.7 Å². The van der Waals surface area contributed by atoms with Crippen LogP contribution in [-0.2, 0) is 61.9 Å². The van der Waals surface area contributed by atoms with Gasteiger partial charge < -0.3 is 62.5 Å². The molecule has 1 N–H and O–H groups in total. The number of nitrogens with one attached hydrogen (secondary N) is 1. The van der Waals surface area contributed by atoms with Gasteiger partial charge in [0.15, 0.2) is 0 Å². The Kier molecular flexibility index (Phi) is 149. The summed E-state index contributed by atoms with van der Waals surface area (Å²) in [5.41, 5.74) is 0.0220. The lowest BCUT2D eigenvalue weighted by Crippen LogP contribution is -2.45. The fourth-order valence-electron chi connectivity index (χ4n) is 7.38. The van der Waals surface area contributed by atoms with Crippen molar-refractivity contribution in [1.29, 1.82) is 0 Å². The monoisotopic (exact) mass is 2190 g/mol. The highest BCUT2D eigenvalue weighted by Crippen LogP contribution is 2.38. The Morgan fingerprint density at radius 1 is 0.438 bits per heavy atom. The van der Waals surface area contributed by atoms with Crippen molar-refractivity contribution in [1.82, 2.24) is 15.1 Å². The Morgan fingerprint density at radius 3 is 0.819 bits per heavy atom. The number of alkyl halides is 16. The van der Waals surface area contributed by atoms with Crippen LogP contribution in [0.4, 0.5) is 70.2 Å². The molecule has 1 aliphatic carbocycles. The van der Waals surface area contributed by atoms with Gasteiger partial charge in [0, 0.05) is 40.2 Å². The molecule has 2 aliphatic rings. The predicted molar refractivity (Wildman–Crippen MR) is 594 cm³/mol. The number of methoxy groups -OCH3 is 2. The fraction of sp³-hybridized carbons (Fsp3) is 1.00. The van der Waals surface area contributed by atoms with Crippen LogP contribution in [0.5, 0.6) is 0 Å². The van der Waals surface area contributed by atoms with E-state index < -0.39 is 78.9 Å². The molecule has 1 heterocycles. The van der Waals surface area contributed by atoms with Crippen molar-refractivity contribution in [3.63, 3.8) is 0 Å². The largest absolute Gasteiger partial charge is 0.522 e. The van der Waals surface area contributed by atoms with Crippen LogP contribution in [0.3, 0.4) is 0 Å². The SMILES string of the molecule is CC(C)C.CC(C)CN(C)C.CC(C)CN1CCC1.CC(C)OC(C(F)(F)F)C(F)(F)F.CC(C)OC(C)(C)C.CC(C)OC(C)C.CC(C)OC(F)(F)C(F)(F)F.CC(C)OC(F)(F)F.CC(C)OC(F)F.CC(C)OC1CC1.CC(C)S(C)(=O)=O.CCC(C)C.CCC(C)C.CCCC(C)C.CCCCC(C)C.CCCOC(C)C.CCOC(C)C.CNCC(C)C.COC(C)C.CSC(C)C.[2H]C([2H])([2H])OC(C)C. The number of hydrogen-bond acceptors (Lipinski definition) is 17.